The Morgan fingerprint density at radius 2 is 1.04 bits per heavy atom. The van der Waals surface area contributed by atoms with Crippen molar-refractivity contribution in [1.82, 2.24) is 5.32 Å². The molecule has 1 rings (SSSR count). The second-order valence-corrected chi connectivity index (χ2v) is 16.3. The summed E-state index contributed by atoms with van der Waals surface area (Å²) in [5.74, 6) is -0.614. The van der Waals surface area contributed by atoms with Crippen LogP contribution in [-0.4, -0.2) is 98.7 Å². The van der Waals surface area contributed by atoms with Crippen molar-refractivity contribution in [2.45, 2.75) is 255 Å². The first-order valence-corrected chi connectivity index (χ1v) is 23.0. The summed E-state index contributed by atoms with van der Waals surface area (Å²) in [6.07, 6.45) is 30.1. The molecule has 8 unspecified atom stereocenters. The maximum atomic E-state index is 13.0. The molecule has 10 nitrogen and oxygen atoms in total. The van der Waals surface area contributed by atoms with Crippen LogP contribution in [0, 0.1) is 0 Å². The van der Waals surface area contributed by atoms with Crippen molar-refractivity contribution in [1.29, 1.82) is 0 Å². The molecule has 0 spiro atoms. The number of unbranched alkanes of at least 4 members (excludes halogenated alkanes) is 27. The molecule has 1 fully saturated rings. The van der Waals surface area contributed by atoms with Crippen LogP contribution in [0.1, 0.15) is 206 Å². The first-order valence-electron chi connectivity index (χ1n) is 23.0. The summed E-state index contributed by atoms with van der Waals surface area (Å²) < 4.78 is 11.1. The number of aliphatic hydroxyl groups is 6. The van der Waals surface area contributed by atoms with Crippen molar-refractivity contribution in [3.63, 3.8) is 0 Å². The Morgan fingerprint density at radius 3 is 1.47 bits per heavy atom. The number of carbonyl (C=O) groups is 1. The summed E-state index contributed by atoms with van der Waals surface area (Å²) in [6.45, 7) is 3.61. The monoisotopic (exact) mass is 786 g/mol. The van der Waals surface area contributed by atoms with E-state index in [-0.39, 0.29) is 6.61 Å². The van der Waals surface area contributed by atoms with Crippen molar-refractivity contribution >= 4 is 5.91 Å². The molecule has 0 radical (unpaired) electrons. The van der Waals surface area contributed by atoms with E-state index in [9.17, 15) is 35.4 Å². The largest absolute Gasteiger partial charge is 0.394 e. The smallest absolute Gasteiger partial charge is 0.249 e. The van der Waals surface area contributed by atoms with Crippen LogP contribution in [0.15, 0.2) is 12.2 Å². The maximum Gasteiger partial charge on any atom is 0.249 e. The number of ether oxygens (including phenoxy) is 2. The lowest BCUT2D eigenvalue weighted by Gasteiger charge is -2.40. The highest BCUT2D eigenvalue weighted by Crippen LogP contribution is 2.23. The van der Waals surface area contributed by atoms with E-state index in [1.807, 2.05) is 6.08 Å². The van der Waals surface area contributed by atoms with Crippen molar-refractivity contribution in [3.8, 4) is 0 Å². The fraction of sp³-hybridized carbons (Fsp3) is 0.933. The summed E-state index contributed by atoms with van der Waals surface area (Å²) in [4.78, 5) is 13.0. The molecule has 0 bridgehead atoms. The molecular formula is C45H87NO9. The Morgan fingerprint density at radius 1 is 0.618 bits per heavy atom. The zero-order valence-electron chi connectivity index (χ0n) is 35.3. The molecule has 0 aliphatic carbocycles. The van der Waals surface area contributed by atoms with E-state index >= 15 is 0 Å². The number of hydrogen-bond donors (Lipinski definition) is 7. The molecule has 1 heterocycles. The zero-order valence-corrected chi connectivity index (χ0v) is 35.3. The normalized spacial score (nSPS) is 21.9. The topological polar surface area (TPSA) is 169 Å². The van der Waals surface area contributed by atoms with Crippen molar-refractivity contribution < 1.29 is 44.9 Å². The third-order valence-corrected chi connectivity index (χ3v) is 11.2. The molecule has 0 aromatic rings. The molecule has 7 N–H and O–H groups in total. The molecule has 326 valence electrons. The van der Waals surface area contributed by atoms with Crippen molar-refractivity contribution in [2.75, 3.05) is 13.2 Å². The molecule has 1 aliphatic heterocycles. The van der Waals surface area contributed by atoms with Crippen LogP contribution in [0.3, 0.4) is 0 Å². The predicted octanol–water partition coefficient (Wildman–Crippen LogP) is 8.31. The molecule has 1 saturated heterocycles. The van der Waals surface area contributed by atoms with Crippen LogP contribution >= 0.6 is 0 Å². The second kappa shape index (κ2) is 36.0. The van der Waals surface area contributed by atoms with Gasteiger partial charge in [-0.1, -0.05) is 199 Å². The Hall–Kier alpha value is -1.11. The van der Waals surface area contributed by atoms with E-state index < -0.39 is 61.5 Å². The van der Waals surface area contributed by atoms with Gasteiger partial charge in [0.25, 0.3) is 0 Å². The zero-order chi connectivity index (χ0) is 40.4. The van der Waals surface area contributed by atoms with Gasteiger partial charge in [-0.15, -0.1) is 0 Å². The molecule has 1 amide bonds. The van der Waals surface area contributed by atoms with Crippen LogP contribution in [-0.2, 0) is 14.3 Å². The number of amides is 1. The third-order valence-electron chi connectivity index (χ3n) is 11.2. The van der Waals surface area contributed by atoms with Crippen LogP contribution < -0.4 is 5.32 Å². The fourth-order valence-electron chi connectivity index (χ4n) is 7.40. The Bertz CT molecular complexity index is 890. The molecule has 0 saturated carbocycles. The average Bonchev–Trinajstić information content (AvgIpc) is 3.18. The van der Waals surface area contributed by atoms with Gasteiger partial charge in [0, 0.05) is 0 Å². The minimum atomic E-state index is -1.61. The van der Waals surface area contributed by atoms with Gasteiger partial charge >= 0.3 is 0 Å². The lowest BCUT2D eigenvalue weighted by atomic mass is 9.99. The number of nitrogens with one attached hydrogen (secondary N) is 1. The maximum absolute atomic E-state index is 13.0. The minimum absolute atomic E-state index is 0.301. The van der Waals surface area contributed by atoms with Gasteiger partial charge in [-0.05, 0) is 19.3 Å². The van der Waals surface area contributed by atoms with Crippen molar-refractivity contribution in [2.24, 2.45) is 0 Å². The summed E-state index contributed by atoms with van der Waals surface area (Å²) in [6, 6.07) is -0.974. The number of allylic oxidation sites excluding steroid dienone is 1. The first-order chi connectivity index (χ1) is 26.8. The SMILES string of the molecule is CCCCCCCCCCCCCC/C=C/C(O)C(COC1OC(CO)C(O)C(O)C1O)NC(=O)C(O)CCCCCCCCCCCCCCCCCC. The van der Waals surface area contributed by atoms with E-state index in [0.717, 1.165) is 44.9 Å². The van der Waals surface area contributed by atoms with E-state index in [1.165, 1.54) is 141 Å². The first kappa shape index (κ1) is 51.9. The summed E-state index contributed by atoms with van der Waals surface area (Å²) in [5, 5.41) is 64.6. The third kappa shape index (κ3) is 26.5. The molecule has 0 aromatic heterocycles. The van der Waals surface area contributed by atoms with Gasteiger partial charge in [0.05, 0.1) is 25.4 Å². The number of aliphatic hydroxyl groups excluding tert-OH is 6. The highest BCUT2D eigenvalue weighted by Gasteiger charge is 2.44. The Kier molecular flexibility index (Phi) is 34.0. The van der Waals surface area contributed by atoms with Gasteiger partial charge in [-0.2, -0.15) is 0 Å². The van der Waals surface area contributed by atoms with Gasteiger partial charge in [0.1, 0.15) is 30.5 Å². The number of rotatable bonds is 38. The van der Waals surface area contributed by atoms with Gasteiger partial charge < -0.3 is 45.4 Å². The minimum Gasteiger partial charge on any atom is -0.394 e. The summed E-state index contributed by atoms with van der Waals surface area (Å²) in [5.41, 5.74) is 0. The fourth-order valence-corrected chi connectivity index (χ4v) is 7.40. The van der Waals surface area contributed by atoms with Crippen LogP contribution in [0.2, 0.25) is 0 Å². The van der Waals surface area contributed by atoms with Gasteiger partial charge in [-0.25, -0.2) is 0 Å². The van der Waals surface area contributed by atoms with Crippen LogP contribution in [0.25, 0.3) is 0 Å². The highest BCUT2D eigenvalue weighted by atomic mass is 16.7. The highest BCUT2D eigenvalue weighted by molar-refractivity contribution is 5.80. The van der Waals surface area contributed by atoms with E-state index in [0.29, 0.717) is 6.42 Å². The standard InChI is InChI=1S/C45H87NO9/c1-3-5-7-9-11-13-15-17-19-20-22-24-26-28-30-32-34-39(49)44(53)46-37(36-54-45-43(52)42(51)41(50)40(35-47)55-45)38(48)33-31-29-27-25-23-21-18-16-14-12-10-8-6-4-2/h31,33,37-43,45,47-52H,3-30,32,34-36H2,1-2H3,(H,46,53)/b33-31+. The number of hydrogen-bond acceptors (Lipinski definition) is 9. The lowest BCUT2D eigenvalue weighted by Crippen LogP contribution is -2.60. The molecule has 1 aliphatic rings. The summed E-state index contributed by atoms with van der Waals surface area (Å²) in [7, 11) is 0. The lowest BCUT2D eigenvalue weighted by molar-refractivity contribution is -0.302. The molecule has 0 aromatic carbocycles. The van der Waals surface area contributed by atoms with E-state index in [1.54, 1.807) is 6.08 Å². The van der Waals surface area contributed by atoms with Gasteiger partial charge in [0.15, 0.2) is 6.29 Å². The van der Waals surface area contributed by atoms with E-state index in [2.05, 4.69) is 19.2 Å². The molecular weight excluding hydrogens is 698 g/mol. The number of carbonyl (C=O) groups excluding carboxylic acids is 1. The van der Waals surface area contributed by atoms with Crippen molar-refractivity contribution in [3.05, 3.63) is 12.2 Å². The molecule has 55 heavy (non-hydrogen) atoms. The van der Waals surface area contributed by atoms with Crippen LogP contribution in [0.5, 0.6) is 0 Å². The predicted molar refractivity (Wildman–Crippen MR) is 223 cm³/mol. The molecule has 10 heteroatoms. The van der Waals surface area contributed by atoms with Gasteiger partial charge in [0.2, 0.25) is 5.91 Å². The second-order valence-electron chi connectivity index (χ2n) is 16.3. The Labute approximate surface area is 336 Å². The summed E-state index contributed by atoms with van der Waals surface area (Å²) >= 11 is 0. The van der Waals surface area contributed by atoms with Crippen LogP contribution in [0.4, 0.5) is 0 Å². The van der Waals surface area contributed by atoms with Gasteiger partial charge in [-0.3, -0.25) is 4.79 Å². The average molecular weight is 786 g/mol. The Balaban J connectivity index is 2.41. The quantitative estimate of drug-likeness (QED) is 0.0241. The van der Waals surface area contributed by atoms with E-state index in [4.69, 9.17) is 9.47 Å². The molecule has 8 atom stereocenters.